The molecule has 0 aliphatic carbocycles. The number of aliphatic hydroxyl groups is 2. The minimum absolute atomic E-state index is 0.0228. The van der Waals surface area contributed by atoms with E-state index in [1.165, 1.54) is 321 Å². The van der Waals surface area contributed by atoms with Crippen LogP contribution in [0.2, 0.25) is 0 Å². The molecule has 0 rings (SSSR count). The lowest BCUT2D eigenvalue weighted by molar-refractivity contribution is -0.143. The summed E-state index contributed by atoms with van der Waals surface area (Å²) in [6.07, 6.45) is 79.9. The van der Waals surface area contributed by atoms with Gasteiger partial charge in [0.15, 0.2) is 0 Å². The first-order chi connectivity index (χ1) is 37.0. The highest BCUT2D eigenvalue weighted by Gasteiger charge is 2.20. The minimum Gasteiger partial charge on any atom is -0.466 e. The van der Waals surface area contributed by atoms with Crippen molar-refractivity contribution in [3.05, 3.63) is 12.2 Å². The van der Waals surface area contributed by atoms with Crippen LogP contribution in [0.3, 0.4) is 0 Å². The van der Waals surface area contributed by atoms with Crippen LogP contribution in [-0.4, -0.2) is 47.4 Å². The number of aliphatic hydroxyl groups excluding tert-OH is 2. The maximum atomic E-state index is 12.4. The van der Waals surface area contributed by atoms with Crippen LogP contribution in [0, 0.1) is 0 Å². The van der Waals surface area contributed by atoms with Crippen LogP contribution in [0.25, 0.3) is 0 Å². The van der Waals surface area contributed by atoms with Gasteiger partial charge in [0.1, 0.15) is 0 Å². The van der Waals surface area contributed by atoms with Gasteiger partial charge in [0.05, 0.1) is 25.4 Å². The van der Waals surface area contributed by atoms with Gasteiger partial charge in [-0.2, -0.15) is 0 Å². The van der Waals surface area contributed by atoms with E-state index < -0.39 is 12.1 Å². The van der Waals surface area contributed by atoms with Crippen molar-refractivity contribution in [2.75, 3.05) is 13.2 Å². The van der Waals surface area contributed by atoms with E-state index in [0.29, 0.717) is 25.9 Å². The molecule has 2 unspecified atom stereocenters. The lowest BCUT2D eigenvalue weighted by Crippen LogP contribution is -2.45. The molecule has 0 radical (unpaired) electrons. The molecule has 6 nitrogen and oxygen atoms in total. The molecule has 0 spiro atoms. The summed E-state index contributed by atoms with van der Waals surface area (Å²) >= 11 is 0. The number of rotatable bonds is 65. The van der Waals surface area contributed by atoms with Gasteiger partial charge in [-0.3, -0.25) is 9.59 Å². The molecule has 0 aliphatic rings. The number of carbonyl (C=O) groups excluding carboxylic acids is 2. The summed E-state index contributed by atoms with van der Waals surface area (Å²) in [6.45, 7) is 4.97. The topological polar surface area (TPSA) is 95.9 Å². The molecule has 75 heavy (non-hydrogen) atoms. The number of hydrogen-bond donors (Lipinski definition) is 3. The summed E-state index contributed by atoms with van der Waals surface area (Å²) < 4.78 is 5.51. The Bertz CT molecular complexity index is 1130. The molecule has 0 aromatic rings. The Labute approximate surface area is 469 Å². The Morgan fingerprint density at radius 1 is 0.360 bits per heavy atom. The molecule has 0 bridgehead atoms. The van der Waals surface area contributed by atoms with E-state index in [-0.39, 0.29) is 18.5 Å². The van der Waals surface area contributed by atoms with Crippen molar-refractivity contribution in [3.8, 4) is 0 Å². The third-order valence-electron chi connectivity index (χ3n) is 16.3. The fourth-order valence-electron chi connectivity index (χ4n) is 11.1. The lowest BCUT2D eigenvalue weighted by Gasteiger charge is -2.22. The summed E-state index contributed by atoms with van der Waals surface area (Å²) in [5.74, 6) is -0.0106. The molecule has 3 N–H and O–H groups in total. The Morgan fingerprint density at radius 2 is 0.627 bits per heavy atom. The smallest absolute Gasteiger partial charge is 0.305 e. The van der Waals surface area contributed by atoms with E-state index in [1.807, 2.05) is 0 Å². The average Bonchev–Trinajstić information content (AvgIpc) is 3.41. The molecular weight excluding hydrogens is 923 g/mol. The maximum absolute atomic E-state index is 12.4. The quantitative estimate of drug-likeness (QED) is 0.0320. The molecule has 6 heteroatoms. The summed E-state index contributed by atoms with van der Waals surface area (Å²) in [7, 11) is 0. The van der Waals surface area contributed by atoms with Crippen LogP contribution in [-0.2, 0) is 14.3 Å². The highest BCUT2D eigenvalue weighted by atomic mass is 16.5. The third kappa shape index (κ3) is 61.7. The van der Waals surface area contributed by atoms with Gasteiger partial charge in [-0.05, 0) is 51.4 Å². The van der Waals surface area contributed by atoms with Gasteiger partial charge in [-0.1, -0.05) is 341 Å². The molecule has 0 aromatic heterocycles. The van der Waals surface area contributed by atoms with Crippen molar-refractivity contribution in [1.29, 1.82) is 0 Å². The van der Waals surface area contributed by atoms with E-state index in [0.717, 1.165) is 38.5 Å². The second-order valence-corrected chi connectivity index (χ2v) is 23.9. The van der Waals surface area contributed by atoms with Crippen LogP contribution < -0.4 is 5.32 Å². The van der Waals surface area contributed by atoms with Gasteiger partial charge in [-0.15, -0.1) is 0 Å². The summed E-state index contributed by atoms with van der Waals surface area (Å²) in [5, 5.41) is 23.1. The van der Waals surface area contributed by atoms with Crippen molar-refractivity contribution in [2.24, 2.45) is 0 Å². The minimum atomic E-state index is -0.660. The maximum Gasteiger partial charge on any atom is 0.305 e. The number of unbranched alkanes of at least 4 members (excludes halogenated alkanes) is 52. The van der Waals surface area contributed by atoms with Gasteiger partial charge < -0.3 is 20.3 Å². The van der Waals surface area contributed by atoms with Crippen molar-refractivity contribution in [1.82, 2.24) is 5.32 Å². The molecule has 0 heterocycles. The van der Waals surface area contributed by atoms with Crippen molar-refractivity contribution in [3.63, 3.8) is 0 Å². The SMILES string of the molecule is CCCCCCCCCCCCCCCCCCCCC(=O)OCCCCCCCCCCCCCC/C=C\CCCCCCCCCCCCCCCCCC(=O)NC(CO)C(O)CCCCCCCCCCC. The number of nitrogens with one attached hydrogen (secondary N) is 1. The number of esters is 1. The number of amides is 1. The highest BCUT2D eigenvalue weighted by molar-refractivity contribution is 5.76. The average molecular weight is 1060 g/mol. The molecule has 0 fully saturated rings. The second kappa shape index (κ2) is 65.1. The molecule has 446 valence electrons. The van der Waals surface area contributed by atoms with Crippen LogP contribution in [0.15, 0.2) is 12.2 Å². The molecule has 0 saturated heterocycles. The van der Waals surface area contributed by atoms with Gasteiger partial charge in [0, 0.05) is 12.8 Å². The van der Waals surface area contributed by atoms with Crippen LogP contribution in [0.4, 0.5) is 0 Å². The Hall–Kier alpha value is -1.40. The standard InChI is InChI=1S/C69H135NO5/c1-3-5-7-9-11-13-14-15-16-17-34-37-40-43-47-51-55-59-63-69(74)75-64-60-56-52-48-44-41-38-35-32-30-28-26-24-22-20-18-19-21-23-25-27-29-31-33-36-39-42-46-50-54-58-62-68(73)70-66(65-71)67(72)61-57-53-49-45-12-10-8-6-4-2/h20,22,66-67,71-72H,3-19,21,23-65H2,1-2H3,(H,70,73)/b22-20-. The number of allylic oxidation sites excluding steroid dienone is 2. The Kier molecular flexibility index (Phi) is 63.9. The van der Waals surface area contributed by atoms with Gasteiger partial charge in [0.2, 0.25) is 5.91 Å². The van der Waals surface area contributed by atoms with Gasteiger partial charge >= 0.3 is 5.97 Å². The molecule has 2 atom stereocenters. The molecular formula is C69H135NO5. The van der Waals surface area contributed by atoms with Gasteiger partial charge in [-0.25, -0.2) is 0 Å². The predicted octanol–water partition coefficient (Wildman–Crippen LogP) is 22.0. The van der Waals surface area contributed by atoms with Crippen LogP contribution in [0.1, 0.15) is 393 Å². The predicted molar refractivity (Wildman–Crippen MR) is 329 cm³/mol. The van der Waals surface area contributed by atoms with Crippen LogP contribution >= 0.6 is 0 Å². The number of ether oxygens (including phenoxy) is 1. The molecule has 0 aliphatic heterocycles. The second-order valence-electron chi connectivity index (χ2n) is 23.9. The first-order valence-corrected chi connectivity index (χ1v) is 34.4. The largest absolute Gasteiger partial charge is 0.466 e. The Balaban J connectivity index is 3.30. The number of carbonyl (C=O) groups is 2. The summed E-state index contributed by atoms with van der Waals surface area (Å²) in [4.78, 5) is 24.5. The normalized spacial score (nSPS) is 12.5. The fraction of sp³-hybridized carbons (Fsp3) is 0.942. The van der Waals surface area contributed by atoms with E-state index in [1.54, 1.807) is 0 Å². The summed E-state index contributed by atoms with van der Waals surface area (Å²) in [5.41, 5.74) is 0. The zero-order chi connectivity index (χ0) is 54.3. The van der Waals surface area contributed by atoms with Crippen molar-refractivity contribution in [2.45, 2.75) is 405 Å². The zero-order valence-electron chi connectivity index (χ0n) is 51.1. The zero-order valence-corrected chi connectivity index (χ0v) is 51.1. The molecule has 1 amide bonds. The number of hydrogen-bond acceptors (Lipinski definition) is 5. The van der Waals surface area contributed by atoms with E-state index in [9.17, 15) is 19.8 Å². The first kappa shape index (κ1) is 73.6. The van der Waals surface area contributed by atoms with E-state index in [4.69, 9.17) is 4.74 Å². The van der Waals surface area contributed by atoms with Gasteiger partial charge in [0.25, 0.3) is 0 Å². The van der Waals surface area contributed by atoms with Crippen molar-refractivity contribution < 1.29 is 24.5 Å². The lowest BCUT2D eigenvalue weighted by atomic mass is 10.0. The fourth-order valence-corrected chi connectivity index (χ4v) is 11.1. The van der Waals surface area contributed by atoms with E-state index >= 15 is 0 Å². The van der Waals surface area contributed by atoms with Crippen LogP contribution in [0.5, 0.6) is 0 Å². The summed E-state index contributed by atoms with van der Waals surface area (Å²) in [6, 6.07) is -0.537. The monoisotopic (exact) mass is 1060 g/mol. The Morgan fingerprint density at radius 3 is 0.947 bits per heavy atom. The highest BCUT2D eigenvalue weighted by Crippen LogP contribution is 2.19. The molecule has 0 aromatic carbocycles. The molecule has 0 saturated carbocycles. The first-order valence-electron chi connectivity index (χ1n) is 34.4. The van der Waals surface area contributed by atoms with E-state index in [2.05, 4.69) is 31.3 Å². The third-order valence-corrected chi connectivity index (χ3v) is 16.3. The van der Waals surface area contributed by atoms with Crippen molar-refractivity contribution >= 4 is 11.9 Å².